The Hall–Kier alpha value is -3.48. The van der Waals surface area contributed by atoms with Gasteiger partial charge in [0, 0.05) is 55.9 Å². The average molecular weight is 451 g/mol. The Morgan fingerprint density at radius 1 is 1.00 bits per heavy atom. The van der Waals surface area contributed by atoms with Crippen molar-refractivity contribution in [3.05, 3.63) is 65.9 Å². The number of carbonyl (C=O) groups is 2. The summed E-state index contributed by atoms with van der Waals surface area (Å²) in [7, 11) is 5.03. The van der Waals surface area contributed by atoms with E-state index in [0.29, 0.717) is 19.5 Å². The average Bonchev–Trinajstić information content (AvgIpc) is 3.22. The van der Waals surface area contributed by atoms with Crippen LogP contribution in [0.15, 0.2) is 54.7 Å². The fourth-order valence-corrected chi connectivity index (χ4v) is 3.90. The molecular formula is C26H34N4O3. The number of H-pyrrole nitrogens is 1. The van der Waals surface area contributed by atoms with E-state index in [9.17, 15) is 9.59 Å². The Morgan fingerprint density at radius 2 is 1.70 bits per heavy atom. The molecule has 7 heteroatoms. The molecule has 176 valence electrons. The number of methoxy groups -OCH3 is 1. The van der Waals surface area contributed by atoms with E-state index in [2.05, 4.69) is 11.1 Å². The van der Waals surface area contributed by atoms with Gasteiger partial charge in [-0.15, -0.1) is 0 Å². The van der Waals surface area contributed by atoms with Gasteiger partial charge in [0.2, 0.25) is 5.91 Å². The summed E-state index contributed by atoms with van der Waals surface area (Å²) in [5, 5.41) is 1.16. The number of fused-ring (bicyclic) bond motifs is 1. The zero-order valence-electron chi connectivity index (χ0n) is 20.2. The van der Waals surface area contributed by atoms with Gasteiger partial charge in [0.05, 0.1) is 7.11 Å². The van der Waals surface area contributed by atoms with Crippen molar-refractivity contribution in [3.63, 3.8) is 0 Å². The standard InChI is InChI=1S/C26H34N4O3/c1-19(2)30(26(32)28(3)4)18-25(31)29(17-21-10-6-9-13-24(21)33-5)15-14-20-16-27-23-12-8-7-11-22(20)23/h6-13,16,19,27H,14-15,17-18H2,1-5H3. The number of aromatic amines is 1. The van der Waals surface area contributed by atoms with Crippen LogP contribution in [0.25, 0.3) is 10.9 Å². The maximum atomic E-state index is 13.5. The van der Waals surface area contributed by atoms with Gasteiger partial charge in [0.1, 0.15) is 12.3 Å². The second-order valence-electron chi connectivity index (χ2n) is 8.64. The number of amides is 3. The number of aromatic nitrogens is 1. The highest BCUT2D eigenvalue weighted by Crippen LogP contribution is 2.22. The molecule has 3 rings (SSSR count). The minimum absolute atomic E-state index is 0.0255. The van der Waals surface area contributed by atoms with E-state index in [1.807, 2.05) is 67.4 Å². The van der Waals surface area contributed by atoms with Crippen LogP contribution in [-0.4, -0.2) is 72.0 Å². The smallest absolute Gasteiger partial charge is 0.320 e. The number of benzene rings is 2. The third kappa shape index (κ3) is 5.86. The van der Waals surface area contributed by atoms with Crippen molar-refractivity contribution < 1.29 is 14.3 Å². The number of rotatable bonds is 9. The molecule has 0 aliphatic heterocycles. The summed E-state index contributed by atoms with van der Waals surface area (Å²) >= 11 is 0. The lowest BCUT2D eigenvalue weighted by atomic mass is 10.1. The molecule has 0 saturated heterocycles. The van der Waals surface area contributed by atoms with Crippen molar-refractivity contribution in [2.75, 3.05) is 34.3 Å². The Labute approximate surface area is 195 Å². The molecule has 3 amide bonds. The normalized spacial score (nSPS) is 11.0. The van der Waals surface area contributed by atoms with Crippen LogP contribution in [-0.2, 0) is 17.8 Å². The van der Waals surface area contributed by atoms with Crippen molar-refractivity contribution >= 4 is 22.8 Å². The van der Waals surface area contributed by atoms with Gasteiger partial charge in [-0.1, -0.05) is 36.4 Å². The van der Waals surface area contributed by atoms with Gasteiger partial charge in [-0.2, -0.15) is 0 Å². The SMILES string of the molecule is COc1ccccc1CN(CCc1c[nH]c2ccccc12)C(=O)CN(C(=O)N(C)C)C(C)C. The predicted octanol–water partition coefficient (Wildman–Crippen LogP) is 4.14. The Balaban J connectivity index is 1.83. The van der Waals surface area contributed by atoms with Crippen molar-refractivity contribution in [3.8, 4) is 5.75 Å². The van der Waals surface area contributed by atoms with E-state index in [-0.39, 0.29) is 24.5 Å². The summed E-state index contributed by atoms with van der Waals surface area (Å²) < 4.78 is 5.51. The molecule has 2 aromatic carbocycles. The zero-order valence-corrected chi connectivity index (χ0v) is 20.2. The highest BCUT2D eigenvalue weighted by Gasteiger charge is 2.25. The summed E-state index contributed by atoms with van der Waals surface area (Å²) in [6, 6.07) is 15.6. The zero-order chi connectivity index (χ0) is 24.0. The fraction of sp³-hybridized carbons (Fsp3) is 0.385. The molecule has 0 unspecified atom stereocenters. The quantitative estimate of drug-likeness (QED) is 0.533. The van der Waals surface area contributed by atoms with Gasteiger partial charge in [0.15, 0.2) is 0 Å². The summed E-state index contributed by atoms with van der Waals surface area (Å²) in [4.78, 5) is 34.3. The summed E-state index contributed by atoms with van der Waals surface area (Å²) in [6.07, 6.45) is 2.71. The molecule has 3 aromatic rings. The van der Waals surface area contributed by atoms with Crippen LogP contribution in [0, 0.1) is 0 Å². The minimum Gasteiger partial charge on any atom is -0.496 e. The number of carbonyl (C=O) groups excluding carboxylic acids is 2. The van der Waals surface area contributed by atoms with E-state index < -0.39 is 0 Å². The van der Waals surface area contributed by atoms with Gasteiger partial charge >= 0.3 is 6.03 Å². The largest absolute Gasteiger partial charge is 0.496 e. The van der Waals surface area contributed by atoms with Crippen molar-refractivity contribution in [1.29, 1.82) is 0 Å². The number of hydrogen-bond acceptors (Lipinski definition) is 3. The van der Waals surface area contributed by atoms with E-state index in [1.165, 1.54) is 4.90 Å². The molecule has 1 N–H and O–H groups in total. The second-order valence-corrected chi connectivity index (χ2v) is 8.64. The van der Waals surface area contributed by atoms with Gasteiger partial charge < -0.3 is 24.4 Å². The Morgan fingerprint density at radius 3 is 2.39 bits per heavy atom. The molecule has 0 bridgehead atoms. The highest BCUT2D eigenvalue weighted by molar-refractivity contribution is 5.85. The van der Waals surface area contributed by atoms with Crippen LogP contribution in [0.5, 0.6) is 5.75 Å². The number of hydrogen-bond donors (Lipinski definition) is 1. The molecule has 0 aliphatic rings. The van der Waals surface area contributed by atoms with E-state index in [4.69, 9.17) is 4.74 Å². The van der Waals surface area contributed by atoms with Crippen molar-refractivity contribution in [2.24, 2.45) is 0 Å². The molecule has 33 heavy (non-hydrogen) atoms. The Kier molecular flexibility index (Phi) is 7.98. The van der Waals surface area contributed by atoms with E-state index in [0.717, 1.165) is 27.8 Å². The van der Waals surface area contributed by atoms with Crippen LogP contribution >= 0.6 is 0 Å². The lowest BCUT2D eigenvalue weighted by molar-refractivity contribution is -0.132. The first-order valence-electron chi connectivity index (χ1n) is 11.2. The maximum Gasteiger partial charge on any atom is 0.320 e. The third-order valence-corrected chi connectivity index (χ3v) is 5.79. The molecule has 0 aliphatic carbocycles. The summed E-state index contributed by atoms with van der Waals surface area (Å²) in [6.45, 7) is 4.81. The lowest BCUT2D eigenvalue weighted by Crippen LogP contribution is -2.49. The molecule has 1 heterocycles. The molecule has 0 radical (unpaired) electrons. The van der Waals surface area contributed by atoms with Crippen LogP contribution in [0.2, 0.25) is 0 Å². The summed E-state index contributed by atoms with van der Waals surface area (Å²) in [5.74, 6) is 0.650. The number of nitrogens with one attached hydrogen (secondary N) is 1. The molecule has 0 saturated carbocycles. The first-order chi connectivity index (χ1) is 15.8. The lowest BCUT2D eigenvalue weighted by Gasteiger charge is -2.32. The van der Waals surface area contributed by atoms with E-state index in [1.54, 1.807) is 26.1 Å². The maximum absolute atomic E-state index is 13.5. The van der Waals surface area contributed by atoms with Crippen LogP contribution in [0.3, 0.4) is 0 Å². The predicted molar refractivity (Wildman–Crippen MR) is 131 cm³/mol. The van der Waals surface area contributed by atoms with Crippen LogP contribution in [0.1, 0.15) is 25.0 Å². The van der Waals surface area contributed by atoms with Gasteiger partial charge in [-0.3, -0.25) is 4.79 Å². The number of nitrogens with zero attached hydrogens (tertiary/aromatic N) is 3. The number of urea groups is 1. The van der Waals surface area contributed by atoms with E-state index >= 15 is 0 Å². The first-order valence-corrected chi connectivity index (χ1v) is 11.2. The monoisotopic (exact) mass is 450 g/mol. The Bertz CT molecular complexity index is 1090. The van der Waals surface area contributed by atoms with Crippen LogP contribution < -0.4 is 4.74 Å². The summed E-state index contributed by atoms with van der Waals surface area (Å²) in [5.41, 5.74) is 3.17. The number of ether oxygens (including phenoxy) is 1. The van der Waals surface area contributed by atoms with Gasteiger partial charge in [-0.25, -0.2) is 4.79 Å². The fourth-order valence-electron chi connectivity index (χ4n) is 3.90. The molecule has 1 aromatic heterocycles. The number of para-hydroxylation sites is 2. The first kappa shape index (κ1) is 24.2. The topological polar surface area (TPSA) is 68.9 Å². The molecule has 0 atom stereocenters. The third-order valence-electron chi connectivity index (χ3n) is 5.79. The molecule has 0 spiro atoms. The highest BCUT2D eigenvalue weighted by atomic mass is 16.5. The van der Waals surface area contributed by atoms with Crippen molar-refractivity contribution in [2.45, 2.75) is 32.9 Å². The van der Waals surface area contributed by atoms with Crippen molar-refractivity contribution in [1.82, 2.24) is 19.7 Å². The minimum atomic E-state index is -0.174. The van der Waals surface area contributed by atoms with Crippen LogP contribution in [0.4, 0.5) is 4.79 Å². The molecular weight excluding hydrogens is 416 g/mol. The van der Waals surface area contributed by atoms with Gasteiger partial charge in [-0.05, 0) is 38.0 Å². The second kappa shape index (κ2) is 10.9. The molecule has 0 fully saturated rings. The van der Waals surface area contributed by atoms with Gasteiger partial charge in [0.25, 0.3) is 0 Å². The molecule has 7 nitrogen and oxygen atoms in total.